The van der Waals surface area contributed by atoms with Gasteiger partial charge in [0.1, 0.15) is 5.69 Å². The number of piperazine rings is 1. The van der Waals surface area contributed by atoms with Crippen molar-refractivity contribution < 1.29 is 4.79 Å². The molecule has 2 aromatic heterocycles. The van der Waals surface area contributed by atoms with Crippen molar-refractivity contribution in [2.24, 2.45) is 0 Å². The number of aromatic nitrogens is 3. The van der Waals surface area contributed by atoms with Crippen LogP contribution in [0, 0.1) is 6.92 Å². The van der Waals surface area contributed by atoms with E-state index in [0.29, 0.717) is 23.1 Å². The Kier molecular flexibility index (Phi) is 6.40. The number of amides is 1. The molecule has 1 fully saturated rings. The second-order valence-electron chi connectivity index (χ2n) is 8.82. The van der Waals surface area contributed by atoms with Gasteiger partial charge in [0.15, 0.2) is 0 Å². The van der Waals surface area contributed by atoms with Crippen LogP contribution in [0.2, 0.25) is 0 Å². The molecule has 9 nitrogen and oxygen atoms in total. The maximum absolute atomic E-state index is 12.7. The number of anilines is 1. The van der Waals surface area contributed by atoms with Crippen molar-refractivity contribution >= 4 is 38.2 Å². The molecule has 2 N–H and O–H groups in total. The number of rotatable bonds is 5. The topological polar surface area (TPSA) is 103 Å². The van der Waals surface area contributed by atoms with Gasteiger partial charge < -0.3 is 15.2 Å². The monoisotopic (exact) mass is 456 g/mol. The van der Waals surface area contributed by atoms with Gasteiger partial charge in [-0.15, -0.1) is 0 Å². The molecule has 1 saturated heterocycles. The molecule has 0 saturated carbocycles. The van der Waals surface area contributed by atoms with Gasteiger partial charge in [-0.1, -0.05) is 13.0 Å². The van der Waals surface area contributed by atoms with E-state index in [2.05, 4.69) is 25.1 Å². The summed E-state index contributed by atoms with van der Waals surface area (Å²) in [6, 6.07) is 9.10. The lowest BCUT2D eigenvalue weighted by Gasteiger charge is -2.36. The number of carbonyl (C=O) groups excluding carboxylic acids is 1. The summed E-state index contributed by atoms with van der Waals surface area (Å²) >= 11 is 0. The van der Waals surface area contributed by atoms with Gasteiger partial charge in [-0.25, -0.2) is 9.78 Å². The summed E-state index contributed by atoms with van der Waals surface area (Å²) in [6.07, 6.45) is 0. The second kappa shape index (κ2) is 9.13. The highest BCUT2D eigenvalue weighted by Crippen LogP contribution is 2.21. The van der Waals surface area contributed by atoms with Crippen LogP contribution in [0.3, 0.4) is 0 Å². The second-order valence-corrected chi connectivity index (χ2v) is 8.82. The molecule has 1 aliphatic rings. The smallest absolute Gasteiger partial charge is 0.327 e. The predicted molar refractivity (Wildman–Crippen MR) is 134 cm³/mol. The third-order valence-corrected chi connectivity index (χ3v) is 6.08. The first-order valence-corrected chi connectivity index (χ1v) is 11.1. The van der Waals surface area contributed by atoms with Crippen molar-refractivity contribution in [1.82, 2.24) is 24.8 Å². The molecule has 0 bridgehead atoms. The van der Waals surface area contributed by atoms with Gasteiger partial charge in [0.2, 0.25) is 0 Å². The van der Waals surface area contributed by atoms with E-state index in [9.17, 15) is 14.4 Å². The van der Waals surface area contributed by atoms with Gasteiger partial charge >= 0.3 is 5.69 Å². The fraction of sp³-hybridized carbons (Fsp3) is 0.391. The standard InChI is InChI=1S/C23H26B2N6O3/c1-14-19(7-6-17(27-14)20(32)26-3)30-10-8-29(9-11-30)13-15-4-5-16-18(12-15)28-22(34)31(21(16)33)23(2,24)25/h4-7,12H,8-11,13H2,1-3H3,(H,26,32)(H,28,34). The Morgan fingerprint density at radius 3 is 2.47 bits per heavy atom. The molecule has 172 valence electrons. The van der Waals surface area contributed by atoms with Crippen molar-refractivity contribution in [3.63, 3.8) is 0 Å². The zero-order valence-electron chi connectivity index (χ0n) is 19.6. The van der Waals surface area contributed by atoms with Crippen molar-refractivity contribution in [2.75, 3.05) is 38.1 Å². The summed E-state index contributed by atoms with van der Waals surface area (Å²) < 4.78 is 0.826. The Labute approximate surface area is 200 Å². The van der Waals surface area contributed by atoms with E-state index in [0.717, 1.165) is 47.7 Å². The normalized spacial score (nSPS) is 15.0. The molecule has 3 heterocycles. The van der Waals surface area contributed by atoms with Gasteiger partial charge in [0, 0.05) is 39.8 Å². The van der Waals surface area contributed by atoms with Gasteiger partial charge in [0.05, 0.1) is 38.0 Å². The average molecular weight is 456 g/mol. The number of nitrogens with zero attached hydrogens (tertiary/aromatic N) is 4. The third kappa shape index (κ3) is 4.65. The van der Waals surface area contributed by atoms with E-state index < -0.39 is 16.6 Å². The summed E-state index contributed by atoms with van der Waals surface area (Å²) in [5.74, 6) is -0.199. The molecular weight excluding hydrogens is 430 g/mol. The molecule has 0 aliphatic carbocycles. The first kappa shape index (κ1) is 23.8. The summed E-state index contributed by atoms with van der Waals surface area (Å²) in [5, 5.41) is 1.36. The van der Waals surface area contributed by atoms with E-state index >= 15 is 0 Å². The Morgan fingerprint density at radius 1 is 1.15 bits per heavy atom. The molecule has 34 heavy (non-hydrogen) atoms. The highest BCUT2D eigenvalue weighted by atomic mass is 16.2. The van der Waals surface area contributed by atoms with Crippen molar-refractivity contribution in [1.29, 1.82) is 0 Å². The summed E-state index contributed by atoms with van der Waals surface area (Å²) in [7, 11) is 13.2. The molecule has 0 atom stereocenters. The van der Waals surface area contributed by atoms with E-state index in [-0.39, 0.29) is 5.91 Å². The molecular formula is C23H26B2N6O3. The molecule has 11 heteroatoms. The Balaban J connectivity index is 1.46. The Hall–Kier alpha value is -3.33. The van der Waals surface area contributed by atoms with Crippen LogP contribution in [0.1, 0.15) is 28.7 Å². The van der Waals surface area contributed by atoms with E-state index in [1.807, 2.05) is 25.1 Å². The van der Waals surface area contributed by atoms with Crippen LogP contribution in [-0.2, 0) is 11.9 Å². The highest BCUT2D eigenvalue weighted by molar-refractivity contribution is 6.37. The van der Waals surface area contributed by atoms with Gasteiger partial charge in [-0.05, 0) is 42.1 Å². The predicted octanol–water partition coefficient (Wildman–Crippen LogP) is 0.0422. The van der Waals surface area contributed by atoms with Crippen LogP contribution in [0.25, 0.3) is 10.9 Å². The minimum atomic E-state index is -1.59. The lowest BCUT2D eigenvalue weighted by molar-refractivity contribution is 0.0958. The molecule has 0 spiro atoms. The minimum absolute atomic E-state index is 0.199. The number of hydrogen-bond donors (Lipinski definition) is 2. The number of benzene rings is 1. The zero-order valence-corrected chi connectivity index (χ0v) is 19.6. The number of aromatic amines is 1. The lowest BCUT2D eigenvalue weighted by Crippen LogP contribution is -2.48. The number of aryl methyl sites for hydroxylation is 1. The average Bonchev–Trinajstić information content (AvgIpc) is 2.78. The SMILES string of the molecule is [B]C([B])(C)n1c(=O)[nH]c2cc(CN3CCN(c4ccc(C(=O)NC)nc4C)CC3)ccc2c1=O. The number of hydrogen-bond acceptors (Lipinski definition) is 6. The van der Waals surface area contributed by atoms with Crippen LogP contribution >= 0.6 is 0 Å². The fourth-order valence-corrected chi connectivity index (χ4v) is 4.35. The number of H-pyrrole nitrogens is 1. The van der Waals surface area contributed by atoms with E-state index in [4.69, 9.17) is 15.7 Å². The third-order valence-electron chi connectivity index (χ3n) is 6.08. The van der Waals surface area contributed by atoms with Crippen molar-refractivity contribution in [2.45, 2.75) is 25.7 Å². The van der Waals surface area contributed by atoms with Gasteiger partial charge in [-0.3, -0.25) is 19.1 Å². The van der Waals surface area contributed by atoms with Crippen molar-refractivity contribution in [3.8, 4) is 0 Å². The van der Waals surface area contributed by atoms with Gasteiger partial charge in [-0.2, -0.15) is 0 Å². The molecule has 3 aromatic rings. The summed E-state index contributed by atoms with van der Waals surface area (Å²) in [6.45, 7) is 7.32. The van der Waals surface area contributed by atoms with Crippen LogP contribution in [0.4, 0.5) is 5.69 Å². The molecule has 4 radical (unpaired) electrons. The number of pyridine rings is 1. The first-order chi connectivity index (χ1) is 16.1. The van der Waals surface area contributed by atoms with Crippen LogP contribution in [0.15, 0.2) is 39.9 Å². The fourth-order valence-electron chi connectivity index (χ4n) is 4.35. The molecule has 1 amide bonds. The van der Waals surface area contributed by atoms with Crippen LogP contribution in [0.5, 0.6) is 0 Å². The van der Waals surface area contributed by atoms with Crippen LogP contribution in [-0.4, -0.2) is 74.3 Å². The highest BCUT2D eigenvalue weighted by Gasteiger charge is 2.21. The minimum Gasteiger partial charge on any atom is -0.368 e. The first-order valence-electron chi connectivity index (χ1n) is 11.1. The quantitative estimate of drug-likeness (QED) is 0.526. The van der Waals surface area contributed by atoms with E-state index in [1.54, 1.807) is 19.2 Å². The maximum atomic E-state index is 12.7. The lowest BCUT2D eigenvalue weighted by atomic mass is 9.63. The molecule has 4 rings (SSSR count). The summed E-state index contributed by atoms with van der Waals surface area (Å²) in [4.78, 5) is 48.6. The molecule has 0 unspecified atom stereocenters. The zero-order chi connectivity index (χ0) is 24.6. The largest absolute Gasteiger partial charge is 0.368 e. The van der Waals surface area contributed by atoms with E-state index in [1.165, 1.54) is 6.92 Å². The van der Waals surface area contributed by atoms with Crippen LogP contribution < -0.4 is 21.5 Å². The maximum Gasteiger partial charge on any atom is 0.327 e. The summed E-state index contributed by atoms with van der Waals surface area (Å²) in [5.41, 5.74) is 2.56. The molecule has 1 aromatic carbocycles. The number of carbonyl (C=O) groups is 1. The van der Waals surface area contributed by atoms with Gasteiger partial charge in [0.25, 0.3) is 11.5 Å². The molecule has 1 aliphatic heterocycles. The van der Waals surface area contributed by atoms with Crippen molar-refractivity contribution in [3.05, 3.63) is 68.1 Å². The number of nitrogens with one attached hydrogen (secondary N) is 2. The Bertz CT molecular complexity index is 1350. The number of fused-ring (bicyclic) bond motifs is 1. The Morgan fingerprint density at radius 2 is 1.85 bits per heavy atom.